The van der Waals surface area contributed by atoms with Crippen LogP contribution in [0.5, 0.6) is 0 Å². The summed E-state index contributed by atoms with van der Waals surface area (Å²) >= 11 is 0. The lowest BCUT2D eigenvalue weighted by molar-refractivity contribution is -0.954. The number of ether oxygens (including phenoxy) is 1. The molecule has 1 spiro atoms. The summed E-state index contributed by atoms with van der Waals surface area (Å²) in [6.45, 7) is 5.10. The van der Waals surface area contributed by atoms with E-state index in [9.17, 15) is 4.79 Å². The lowest BCUT2D eigenvalue weighted by Gasteiger charge is -2.58. The second kappa shape index (κ2) is 6.68. The van der Waals surface area contributed by atoms with Crippen LogP contribution in [0.3, 0.4) is 0 Å². The van der Waals surface area contributed by atoms with Gasteiger partial charge in [0, 0.05) is 19.8 Å². The van der Waals surface area contributed by atoms with E-state index < -0.39 is 0 Å². The number of hydrogen-bond acceptors (Lipinski definition) is 2. The molecule has 122 valence electrons. The quantitative estimate of drug-likeness (QED) is 0.581. The molecule has 0 bridgehead atoms. The molecule has 3 nitrogen and oxygen atoms in total. The van der Waals surface area contributed by atoms with Crippen LogP contribution >= 0.6 is 0 Å². The van der Waals surface area contributed by atoms with E-state index in [0.717, 1.165) is 10.9 Å². The smallest absolute Gasteiger partial charge is 0.302 e. The predicted molar refractivity (Wildman–Crippen MR) is 86.0 cm³/mol. The van der Waals surface area contributed by atoms with E-state index in [1.54, 1.807) is 6.92 Å². The number of rotatable bonds is 4. The van der Waals surface area contributed by atoms with E-state index >= 15 is 0 Å². The minimum Gasteiger partial charge on any atom is -0.462 e. The molecule has 1 saturated heterocycles. The lowest BCUT2D eigenvalue weighted by atomic mass is 9.63. The Kier molecular flexibility index (Phi) is 5.34. The van der Waals surface area contributed by atoms with Crippen LogP contribution in [-0.2, 0) is 9.53 Å². The molecule has 3 atom stereocenters. The van der Waals surface area contributed by atoms with Crippen molar-refractivity contribution in [2.45, 2.75) is 83.3 Å². The summed E-state index contributed by atoms with van der Waals surface area (Å²) in [5, 5.41) is 0. The Morgan fingerprint density at radius 3 is 2.57 bits per heavy atom. The number of esters is 1. The standard InChI is InChI=1S/C18H34NO2/c1-5-6-10-16-17(21-15(2)20)11-9-13-18(16)12-7-8-14-19(18,3)4/h16-17H,5-14H2,1-4H3/q+1. The predicted octanol–water partition coefficient (Wildman–Crippen LogP) is 3.91. The maximum Gasteiger partial charge on any atom is 0.302 e. The highest BCUT2D eigenvalue weighted by molar-refractivity contribution is 5.66. The number of quaternary nitrogens is 1. The topological polar surface area (TPSA) is 26.3 Å². The van der Waals surface area contributed by atoms with Gasteiger partial charge in [0.1, 0.15) is 11.6 Å². The highest BCUT2D eigenvalue weighted by Crippen LogP contribution is 2.49. The number of piperidine rings is 1. The molecule has 3 unspecified atom stereocenters. The minimum atomic E-state index is -0.0975. The van der Waals surface area contributed by atoms with Gasteiger partial charge in [-0.2, -0.15) is 0 Å². The number of carbonyl (C=O) groups excluding carboxylic acids is 1. The van der Waals surface area contributed by atoms with Crippen LogP contribution < -0.4 is 0 Å². The van der Waals surface area contributed by atoms with Crippen molar-refractivity contribution in [3.8, 4) is 0 Å². The molecule has 0 aromatic carbocycles. The molecule has 1 heterocycles. The van der Waals surface area contributed by atoms with E-state index in [-0.39, 0.29) is 12.1 Å². The van der Waals surface area contributed by atoms with Gasteiger partial charge in [-0.05, 0) is 32.1 Å². The SMILES string of the molecule is CCCCC1C(OC(C)=O)CCCC12CCCC[N+]2(C)C. The second-order valence-corrected chi connectivity index (χ2v) is 7.76. The van der Waals surface area contributed by atoms with Gasteiger partial charge in [0.05, 0.1) is 26.6 Å². The van der Waals surface area contributed by atoms with Crippen LogP contribution in [0.1, 0.15) is 71.6 Å². The Bertz CT molecular complexity index is 362. The summed E-state index contributed by atoms with van der Waals surface area (Å²) in [5.41, 5.74) is 0.339. The van der Waals surface area contributed by atoms with Crippen molar-refractivity contribution in [2.24, 2.45) is 5.92 Å². The van der Waals surface area contributed by atoms with Gasteiger partial charge >= 0.3 is 5.97 Å². The molecule has 0 amide bonds. The van der Waals surface area contributed by atoms with Crippen molar-refractivity contribution >= 4 is 5.97 Å². The Balaban J connectivity index is 2.28. The van der Waals surface area contributed by atoms with Gasteiger partial charge in [-0.1, -0.05) is 19.8 Å². The van der Waals surface area contributed by atoms with Crippen molar-refractivity contribution in [2.75, 3.05) is 20.6 Å². The molecule has 1 saturated carbocycles. The fourth-order valence-corrected chi connectivity index (χ4v) is 5.10. The highest BCUT2D eigenvalue weighted by atomic mass is 16.5. The van der Waals surface area contributed by atoms with Crippen LogP contribution in [0.2, 0.25) is 0 Å². The van der Waals surface area contributed by atoms with Crippen molar-refractivity contribution in [3.05, 3.63) is 0 Å². The second-order valence-electron chi connectivity index (χ2n) is 7.76. The minimum absolute atomic E-state index is 0.0975. The number of carbonyl (C=O) groups is 1. The van der Waals surface area contributed by atoms with Gasteiger partial charge in [0.15, 0.2) is 0 Å². The molecule has 2 aliphatic rings. The van der Waals surface area contributed by atoms with Gasteiger partial charge < -0.3 is 9.22 Å². The summed E-state index contributed by atoms with van der Waals surface area (Å²) in [6.07, 6.45) is 11.4. The van der Waals surface area contributed by atoms with E-state index in [2.05, 4.69) is 21.0 Å². The monoisotopic (exact) mass is 296 g/mol. The third-order valence-corrected chi connectivity index (χ3v) is 6.21. The van der Waals surface area contributed by atoms with Crippen molar-refractivity contribution in [3.63, 3.8) is 0 Å². The van der Waals surface area contributed by atoms with Gasteiger partial charge in [-0.3, -0.25) is 4.79 Å². The maximum absolute atomic E-state index is 11.5. The molecular formula is C18H34NO2+. The molecule has 0 aromatic heterocycles. The summed E-state index contributed by atoms with van der Waals surface area (Å²) in [5.74, 6) is 0.449. The largest absolute Gasteiger partial charge is 0.462 e. The zero-order valence-corrected chi connectivity index (χ0v) is 14.5. The van der Waals surface area contributed by atoms with E-state index in [1.807, 2.05) is 0 Å². The van der Waals surface area contributed by atoms with Crippen molar-refractivity contribution in [1.82, 2.24) is 0 Å². The fraction of sp³-hybridized carbons (Fsp3) is 0.944. The maximum atomic E-state index is 11.5. The van der Waals surface area contributed by atoms with Gasteiger partial charge in [0.25, 0.3) is 0 Å². The molecular weight excluding hydrogens is 262 g/mol. The molecule has 21 heavy (non-hydrogen) atoms. The van der Waals surface area contributed by atoms with E-state index in [1.165, 1.54) is 57.9 Å². The van der Waals surface area contributed by atoms with Crippen LogP contribution in [0.15, 0.2) is 0 Å². The molecule has 2 fully saturated rings. The Labute approximate surface area is 130 Å². The number of likely N-dealkylation sites (tertiary alicyclic amines) is 1. The van der Waals surface area contributed by atoms with E-state index in [4.69, 9.17) is 4.74 Å². The van der Waals surface area contributed by atoms with Crippen molar-refractivity contribution in [1.29, 1.82) is 0 Å². The molecule has 0 radical (unpaired) electrons. The van der Waals surface area contributed by atoms with Crippen molar-refractivity contribution < 1.29 is 14.0 Å². The molecule has 1 aliphatic carbocycles. The van der Waals surface area contributed by atoms with Crippen LogP contribution in [0.25, 0.3) is 0 Å². The van der Waals surface area contributed by atoms with Crippen LogP contribution in [0, 0.1) is 5.92 Å². The lowest BCUT2D eigenvalue weighted by Crippen LogP contribution is -2.68. The van der Waals surface area contributed by atoms with Crippen LogP contribution in [0.4, 0.5) is 0 Å². The summed E-state index contributed by atoms with van der Waals surface area (Å²) in [4.78, 5) is 11.5. The first-order valence-corrected chi connectivity index (χ1v) is 8.93. The van der Waals surface area contributed by atoms with E-state index in [0.29, 0.717) is 11.5 Å². The third-order valence-electron chi connectivity index (χ3n) is 6.21. The number of nitrogens with zero attached hydrogens (tertiary/aromatic N) is 1. The summed E-state index contributed by atoms with van der Waals surface area (Å²) < 4.78 is 6.90. The Morgan fingerprint density at radius 1 is 1.24 bits per heavy atom. The zero-order chi connectivity index (χ0) is 15.5. The first-order valence-electron chi connectivity index (χ1n) is 8.93. The van der Waals surface area contributed by atoms with Gasteiger partial charge in [0.2, 0.25) is 0 Å². The average Bonchev–Trinajstić information content (AvgIpc) is 2.41. The summed E-state index contributed by atoms with van der Waals surface area (Å²) in [7, 11) is 4.82. The molecule has 0 aromatic rings. The van der Waals surface area contributed by atoms with Crippen LogP contribution in [-0.4, -0.2) is 42.7 Å². The van der Waals surface area contributed by atoms with Gasteiger partial charge in [-0.15, -0.1) is 0 Å². The summed E-state index contributed by atoms with van der Waals surface area (Å²) in [6, 6.07) is 0. The fourth-order valence-electron chi connectivity index (χ4n) is 5.10. The third kappa shape index (κ3) is 3.28. The molecule has 3 heteroatoms. The number of unbranched alkanes of at least 4 members (excludes halogenated alkanes) is 1. The molecule has 2 rings (SSSR count). The average molecular weight is 296 g/mol. The zero-order valence-electron chi connectivity index (χ0n) is 14.5. The van der Waals surface area contributed by atoms with Gasteiger partial charge in [-0.25, -0.2) is 0 Å². The Morgan fingerprint density at radius 2 is 1.95 bits per heavy atom. The first-order chi connectivity index (χ1) is 9.93. The Hall–Kier alpha value is -0.570. The normalized spacial score (nSPS) is 35.6. The first kappa shape index (κ1) is 16.8. The molecule has 0 N–H and O–H groups in total. The molecule has 1 aliphatic heterocycles. The highest BCUT2D eigenvalue weighted by Gasteiger charge is 2.56. The number of hydrogen-bond donors (Lipinski definition) is 0.